The van der Waals surface area contributed by atoms with Crippen LogP contribution in [0.2, 0.25) is 5.02 Å². The summed E-state index contributed by atoms with van der Waals surface area (Å²) in [6.45, 7) is 6.39. The van der Waals surface area contributed by atoms with Crippen molar-refractivity contribution in [2.45, 2.75) is 50.2 Å². The van der Waals surface area contributed by atoms with E-state index < -0.39 is 23.2 Å². The number of benzene rings is 2. The number of piperidine rings is 1. The first-order valence-electron chi connectivity index (χ1n) is 13.3. The smallest absolute Gasteiger partial charge is 0.410 e. The maximum atomic E-state index is 14.1. The van der Waals surface area contributed by atoms with Gasteiger partial charge in [0.15, 0.2) is 0 Å². The molecule has 3 aromatic rings. The van der Waals surface area contributed by atoms with Crippen LogP contribution >= 0.6 is 23.4 Å². The molecule has 4 rings (SSSR count). The molecule has 0 bridgehead atoms. The average Bonchev–Trinajstić information content (AvgIpc) is 2.94. The lowest BCUT2D eigenvalue weighted by atomic mass is 10.1. The zero-order chi connectivity index (χ0) is 30.4. The number of thioether (sulfide) groups is 1. The number of rotatable bonds is 7. The van der Waals surface area contributed by atoms with Gasteiger partial charge in [0.2, 0.25) is 0 Å². The number of nitrogens with zero attached hydrogens (tertiary/aromatic N) is 2. The summed E-state index contributed by atoms with van der Waals surface area (Å²) in [5.74, 6) is -1.26. The molecule has 0 radical (unpaired) electrons. The molecule has 3 amide bonds. The molecule has 1 aromatic heterocycles. The summed E-state index contributed by atoms with van der Waals surface area (Å²) in [6, 6.07) is 11.8. The summed E-state index contributed by atoms with van der Waals surface area (Å²) in [7, 11) is 0. The number of aromatic nitrogens is 1. The number of halogens is 2. The van der Waals surface area contributed by atoms with Gasteiger partial charge in [-0.1, -0.05) is 11.6 Å². The van der Waals surface area contributed by atoms with Gasteiger partial charge in [-0.3, -0.25) is 9.59 Å². The first-order valence-corrected chi connectivity index (χ1v) is 14.9. The minimum Gasteiger partial charge on any atom is -0.489 e. The van der Waals surface area contributed by atoms with Crippen molar-refractivity contribution in [2.24, 2.45) is 0 Å². The predicted molar refractivity (Wildman–Crippen MR) is 161 cm³/mol. The van der Waals surface area contributed by atoms with Crippen molar-refractivity contribution in [3.05, 3.63) is 76.7 Å². The third-order valence-electron chi connectivity index (χ3n) is 6.26. The van der Waals surface area contributed by atoms with Gasteiger partial charge in [0.25, 0.3) is 11.8 Å². The van der Waals surface area contributed by atoms with Crippen molar-refractivity contribution in [2.75, 3.05) is 30.0 Å². The molecular formula is C30H32ClFN4O5S. The van der Waals surface area contributed by atoms with E-state index in [2.05, 4.69) is 15.6 Å². The zero-order valence-electron chi connectivity index (χ0n) is 23.7. The van der Waals surface area contributed by atoms with Crippen molar-refractivity contribution in [1.82, 2.24) is 9.88 Å². The number of hydrogen-bond donors (Lipinski definition) is 2. The van der Waals surface area contributed by atoms with Crippen LogP contribution in [-0.4, -0.2) is 58.8 Å². The Morgan fingerprint density at radius 2 is 1.71 bits per heavy atom. The van der Waals surface area contributed by atoms with Crippen LogP contribution in [0.25, 0.3) is 0 Å². The fourth-order valence-corrected chi connectivity index (χ4v) is 4.75. The highest BCUT2D eigenvalue weighted by molar-refractivity contribution is 7.98. The summed E-state index contributed by atoms with van der Waals surface area (Å²) in [4.78, 5) is 45.5. The van der Waals surface area contributed by atoms with Gasteiger partial charge in [-0.05, 0) is 75.6 Å². The second kappa shape index (κ2) is 13.4. The van der Waals surface area contributed by atoms with Gasteiger partial charge in [-0.15, -0.1) is 11.8 Å². The first kappa shape index (κ1) is 31.1. The number of hydrogen-bond acceptors (Lipinski definition) is 7. The average molecular weight is 615 g/mol. The van der Waals surface area contributed by atoms with Crippen LogP contribution in [0.3, 0.4) is 0 Å². The van der Waals surface area contributed by atoms with Gasteiger partial charge in [0, 0.05) is 37.0 Å². The van der Waals surface area contributed by atoms with Crippen molar-refractivity contribution >= 4 is 52.8 Å². The fraction of sp³-hybridized carbons (Fsp3) is 0.333. The van der Waals surface area contributed by atoms with Crippen molar-refractivity contribution < 1.29 is 28.2 Å². The number of ether oxygens (including phenoxy) is 2. The Morgan fingerprint density at radius 1 is 1.00 bits per heavy atom. The summed E-state index contributed by atoms with van der Waals surface area (Å²) in [6.07, 6.45) is 3.81. The van der Waals surface area contributed by atoms with Crippen LogP contribution in [0.15, 0.2) is 59.6 Å². The second-order valence-electron chi connectivity index (χ2n) is 10.6. The Morgan fingerprint density at radius 3 is 2.36 bits per heavy atom. The number of anilines is 2. The van der Waals surface area contributed by atoms with Crippen LogP contribution in [0.1, 0.15) is 54.3 Å². The van der Waals surface area contributed by atoms with E-state index in [0.717, 1.165) is 17.0 Å². The number of carbonyl (C=O) groups is 3. The molecule has 0 spiro atoms. The minimum atomic E-state index is -0.662. The number of amides is 3. The first-order chi connectivity index (χ1) is 19.9. The van der Waals surface area contributed by atoms with E-state index in [1.54, 1.807) is 29.2 Å². The molecule has 0 aliphatic carbocycles. The summed E-state index contributed by atoms with van der Waals surface area (Å²) < 4.78 is 25.9. The molecule has 12 heteroatoms. The molecule has 42 heavy (non-hydrogen) atoms. The molecule has 1 saturated heterocycles. The lowest BCUT2D eigenvalue weighted by molar-refractivity contribution is 0.0126. The Hall–Kier alpha value is -3.83. The third kappa shape index (κ3) is 8.36. The molecule has 1 aliphatic rings. The van der Waals surface area contributed by atoms with E-state index >= 15 is 0 Å². The van der Waals surface area contributed by atoms with E-state index in [-0.39, 0.29) is 34.8 Å². The van der Waals surface area contributed by atoms with Gasteiger partial charge in [0.05, 0.1) is 21.8 Å². The van der Waals surface area contributed by atoms with Crippen LogP contribution < -0.4 is 15.4 Å². The maximum Gasteiger partial charge on any atom is 0.410 e. The molecule has 1 aliphatic heterocycles. The third-order valence-corrected chi connectivity index (χ3v) is 7.21. The molecule has 0 unspecified atom stereocenters. The Labute approximate surface area is 253 Å². The SMILES string of the molecule is CSc1ccc(C(=O)Nc2ccc(F)cc2C(=O)Nc2ccc(Cl)cn2)c(OC2CCN(C(=O)OC(C)(C)C)CC2)c1. The predicted octanol–water partition coefficient (Wildman–Crippen LogP) is 6.88. The topological polar surface area (TPSA) is 110 Å². The maximum absolute atomic E-state index is 14.1. The van der Waals surface area contributed by atoms with E-state index in [4.69, 9.17) is 21.1 Å². The largest absolute Gasteiger partial charge is 0.489 e. The van der Waals surface area contributed by atoms with Gasteiger partial charge in [-0.2, -0.15) is 0 Å². The number of nitrogens with one attached hydrogen (secondary N) is 2. The molecule has 0 atom stereocenters. The molecule has 0 saturated carbocycles. The fourth-order valence-electron chi connectivity index (χ4n) is 4.21. The molecule has 2 heterocycles. The van der Waals surface area contributed by atoms with Gasteiger partial charge in [0.1, 0.15) is 29.1 Å². The van der Waals surface area contributed by atoms with E-state index in [9.17, 15) is 18.8 Å². The van der Waals surface area contributed by atoms with E-state index in [0.29, 0.717) is 36.7 Å². The minimum absolute atomic E-state index is 0.0854. The van der Waals surface area contributed by atoms with Gasteiger partial charge in [-0.25, -0.2) is 14.2 Å². The molecule has 1 fully saturated rings. The summed E-state index contributed by atoms with van der Waals surface area (Å²) >= 11 is 7.35. The summed E-state index contributed by atoms with van der Waals surface area (Å²) in [5, 5.41) is 5.70. The standard InChI is InChI=1S/C30H32ClFN4O5S/c1-30(2,3)41-29(39)36-13-11-20(12-14-36)40-25-16-21(42-4)7-8-22(25)27(37)34-24-9-6-19(32)15-23(24)28(38)35-26-10-5-18(31)17-33-26/h5-10,15-17,20H,11-14H2,1-4H3,(H,34,37)(H,33,35,38). The zero-order valence-corrected chi connectivity index (χ0v) is 25.3. The second-order valence-corrected chi connectivity index (χ2v) is 11.9. The molecule has 222 valence electrons. The number of carbonyl (C=O) groups excluding carboxylic acids is 3. The normalized spacial score (nSPS) is 13.8. The van der Waals surface area contributed by atoms with Gasteiger partial charge >= 0.3 is 6.09 Å². The Kier molecular flexibility index (Phi) is 9.95. The highest BCUT2D eigenvalue weighted by atomic mass is 35.5. The molecule has 2 N–H and O–H groups in total. The summed E-state index contributed by atoms with van der Waals surface area (Å²) in [5.41, 5.74) is -0.309. The lowest BCUT2D eigenvalue weighted by Crippen LogP contribution is -2.44. The monoisotopic (exact) mass is 614 g/mol. The van der Waals surface area contributed by atoms with Crippen LogP contribution in [0.5, 0.6) is 5.75 Å². The molecule has 2 aromatic carbocycles. The quantitative estimate of drug-likeness (QED) is 0.279. The van der Waals surface area contributed by atoms with E-state index in [1.165, 1.54) is 30.1 Å². The van der Waals surface area contributed by atoms with Crippen molar-refractivity contribution in [1.29, 1.82) is 0 Å². The highest BCUT2D eigenvalue weighted by Crippen LogP contribution is 2.30. The Balaban J connectivity index is 1.49. The molecular weight excluding hydrogens is 583 g/mol. The van der Waals surface area contributed by atoms with E-state index in [1.807, 2.05) is 27.0 Å². The number of pyridine rings is 1. The van der Waals surface area contributed by atoms with Crippen molar-refractivity contribution in [3.8, 4) is 5.75 Å². The highest BCUT2D eigenvalue weighted by Gasteiger charge is 2.29. The van der Waals surface area contributed by atoms with Crippen molar-refractivity contribution in [3.63, 3.8) is 0 Å². The molecule has 9 nitrogen and oxygen atoms in total. The Bertz CT molecular complexity index is 1460. The van der Waals surface area contributed by atoms with Crippen LogP contribution in [0, 0.1) is 5.82 Å². The lowest BCUT2D eigenvalue weighted by Gasteiger charge is -2.33. The van der Waals surface area contributed by atoms with Crippen LogP contribution in [-0.2, 0) is 4.74 Å². The van der Waals surface area contributed by atoms with Crippen LogP contribution in [0.4, 0.5) is 20.7 Å². The number of likely N-dealkylation sites (tertiary alicyclic amines) is 1. The van der Waals surface area contributed by atoms with Gasteiger partial charge < -0.3 is 25.0 Å².